The molecule has 3 aromatic rings. The van der Waals surface area contributed by atoms with Crippen molar-refractivity contribution in [2.75, 3.05) is 6.61 Å². The lowest BCUT2D eigenvalue weighted by Crippen LogP contribution is -2.28. The summed E-state index contributed by atoms with van der Waals surface area (Å²) >= 11 is 0. The summed E-state index contributed by atoms with van der Waals surface area (Å²) in [6.45, 7) is 0.420. The largest absolute Gasteiger partial charge is 0.468 e. The van der Waals surface area contributed by atoms with Crippen LogP contribution in [0.2, 0.25) is 0 Å². The summed E-state index contributed by atoms with van der Waals surface area (Å²) in [5.74, 6) is -0.0687. The highest BCUT2D eigenvalue weighted by Gasteiger charge is 2.44. The van der Waals surface area contributed by atoms with Crippen molar-refractivity contribution in [1.29, 1.82) is 0 Å². The van der Waals surface area contributed by atoms with E-state index in [1.807, 2.05) is 31.2 Å². The molecule has 2 heterocycles. The van der Waals surface area contributed by atoms with Crippen molar-refractivity contribution in [3.63, 3.8) is 0 Å². The number of carbonyl (C=O) groups is 1. The first-order valence-corrected chi connectivity index (χ1v) is 9.61. The van der Waals surface area contributed by atoms with Gasteiger partial charge >= 0.3 is 6.18 Å². The minimum absolute atomic E-state index is 0.0452. The predicted octanol–water partition coefficient (Wildman–Crippen LogP) is 4.55. The van der Waals surface area contributed by atoms with Gasteiger partial charge in [0.1, 0.15) is 0 Å². The highest BCUT2D eigenvalue weighted by Crippen LogP contribution is 2.48. The lowest BCUT2D eigenvalue weighted by molar-refractivity contribution is -0.154. The maximum Gasteiger partial charge on any atom is 0.422 e. The number of rotatable bonds is 6. The van der Waals surface area contributed by atoms with E-state index in [4.69, 9.17) is 0 Å². The van der Waals surface area contributed by atoms with Gasteiger partial charge in [0, 0.05) is 29.8 Å². The van der Waals surface area contributed by atoms with Crippen LogP contribution >= 0.6 is 0 Å². The minimum Gasteiger partial charge on any atom is -0.468 e. The first kappa shape index (κ1) is 20.1. The molecule has 1 aliphatic rings. The van der Waals surface area contributed by atoms with Gasteiger partial charge in [0.15, 0.2) is 6.61 Å². The topological polar surface area (TPSA) is 64.1 Å². The van der Waals surface area contributed by atoms with Crippen LogP contribution < -0.4 is 10.1 Å². The summed E-state index contributed by atoms with van der Waals surface area (Å²) in [6.07, 6.45) is -0.464. The van der Waals surface area contributed by atoms with E-state index in [1.54, 1.807) is 12.3 Å². The van der Waals surface area contributed by atoms with Crippen LogP contribution in [0.4, 0.5) is 13.2 Å². The molecular weight excluding hydrogens is 395 g/mol. The summed E-state index contributed by atoms with van der Waals surface area (Å²) in [5, 5.41) is 4.01. The van der Waals surface area contributed by atoms with Crippen molar-refractivity contribution in [3.05, 3.63) is 66.0 Å². The summed E-state index contributed by atoms with van der Waals surface area (Å²) in [7, 11) is 0. The maximum absolute atomic E-state index is 12.6. The molecule has 1 N–H and O–H groups in total. The first-order valence-electron chi connectivity index (χ1n) is 9.61. The fourth-order valence-corrected chi connectivity index (χ4v) is 3.47. The molecule has 0 radical (unpaired) electrons. The molecule has 1 amide bonds. The highest BCUT2D eigenvalue weighted by atomic mass is 19.4. The lowest BCUT2D eigenvalue weighted by Gasteiger charge is -2.15. The van der Waals surface area contributed by atoms with Crippen LogP contribution in [-0.4, -0.2) is 28.7 Å². The average molecular weight is 415 g/mol. The number of alkyl halides is 3. The SMILES string of the molecule is CC(NC(=O)[C@@H]1C[C@H]1c1ccc2ncccc2c1)c1ccc(OCC(F)(F)F)nc1. The third-order valence-electron chi connectivity index (χ3n) is 5.18. The second-order valence-electron chi connectivity index (χ2n) is 7.47. The molecule has 156 valence electrons. The molecule has 1 fully saturated rings. The molecular formula is C22H20F3N3O2. The van der Waals surface area contributed by atoms with Gasteiger partial charge in [0.05, 0.1) is 11.6 Å². The Balaban J connectivity index is 1.33. The zero-order valence-electron chi connectivity index (χ0n) is 16.2. The number of carbonyl (C=O) groups excluding carboxylic acids is 1. The predicted molar refractivity (Wildman–Crippen MR) is 105 cm³/mol. The number of hydrogen-bond donors (Lipinski definition) is 1. The quantitative estimate of drug-likeness (QED) is 0.642. The van der Waals surface area contributed by atoms with E-state index in [1.165, 1.54) is 12.3 Å². The van der Waals surface area contributed by atoms with Crippen LogP contribution in [0.15, 0.2) is 54.9 Å². The van der Waals surface area contributed by atoms with Gasteiger partial charge in [0.2, 0.25) is 11.8 Å². The smallest absolute Gasteiger partial charge is 0.422 e. The van der Waals surface area contributed by atoms with Crippen molar-refractivity contribution in [1.82, 2.24) is 15.3 Å². The third kappa shape index (κ3) is 4.69. The zero-order chi connectivity index (χ0) is 21.3. The number of fused-ring (bicyclic) bond motifs is 1. The lowest BCUT2D eigenvalue weighted by atomic mass is 10.1. The molecule has 1 unspecified atom stereocenters. The zero-order valence-corrected chi connectivity index (χ0v) is 16.2. The Morgan fingerprint density at radius 2 is 2.07 bits per heavy atom. The Hall–Kier alpha value is -3.16. The summed E-state index contributed by atoms with van der Waals surface area (Å²) in [5.41, 5.74) is 2.74. The molecule has 5 nitrogen and oxygen atoms in total. The van der Waals surface area contributed by atoms with E-state index in [-0.39, 0.29) is 29.7 Å². The van der Waals surface area contributed by atoms with E-state index in [2.05, 4.69) is 26.1 Å². The molecule has 3 atom stereocenters. The Morgan fingerprint density at radius 1 is 1.23 bits per heavy atom. The number of amides is 1. The van der Waals surface area contributed by atoms with Crippen LogP contribution in [0.3, 0.4) is 0 Å². The molecule has 0 aliphatic heterocycles. The van der Waals surface area contributed by atoms with Gasteiger partial charge in [-0.15, -0.1) is 0 Å². The van der Waals surface area contributed by atoms with Crippen molar-refractivity contribution < 1.29 is 22.7 Å². The van der Waals surface area contributed by atoms with Crippen LogP contribution in [-0.2, 0) is 4.79 Å². The van der Waals surface area contributed by atoms with Crippen LogP contribution in [0.5, 0.6) is 5.88 Å². The number of aromatic nitrogens is 2. The number of pyridine rings is 2. The van der Waals surface area contributed by atoms with Gasteiger partial charge in [0.25, 0.3) is 0 Å². The van der Waals surface area contributed by atoms with E-state index in [0.29, 0.717) is 5.56 Å². The monoisotopic (exact) mass is 415 g/mol. The number of halogens is 3. The van der Waals surface area contributed by atoms with E-state index in [9.17, 15) is 18.0 Å². The van der Waals surface area contributed by atoms with Crippen LogP contribution in [0, 0.1) is 5.92 Å². The van der Waals surface area contributed by atoms with Gasteiger partial charge in [-0.1, -0.05) is 18.2 Å². The highest BCUT2D eigenvalue weighted by molar-refractivity contribution is 5.84. The number of nitrogens with zero attached hydrogens (tertiary/aromatic N) is 2. The van der Waals surface area contributed by atoms with Gasteiger partial charge in [-0.25, -0.2) is 4.98 Å². The second-order valence-corrected chi connectivity index (χ2v) is 7.47. The summed E-state index contributed by atoms with van der Waals surface area (Å²) in [6, 6.07) is 12.6. The number of nitrogens with one attached hydrogen (secondary N) is 1. The van der Waals surface area contributed by atoms with Gasteiger partial charge in [-0.05, 0) is 48.6 Å². The van der Waals surface area contributed by atoms with Gasteiger partial charge < -0.3 is 10.1 Å². The molecule has 1 aliphatic carbocycles. The molecule has 1 aromatic carbocycles. The first-order chi connectivity index (χ1) is 14.3. The molecule has 0 bridgehead atoms. The molecule has 8 heteroatoms. The van der Waals surface area contributed by atoms with Crippen LogP contribution in [0.1, 0.15) is 36.4 Å². The Labute approximate surface area is 171 Å². The molecule has 0 spiro atoms. The van der Waals surface area contributed by atoms with Crippen molar-refractivity contribution in [2.45, 2.75) is 31.5 Å². The van der Waals surface area contributed by atoms with Gasteiger partial charge in [-0.3, -0.25) is 9.78 Å². The fraction of sp³-hybridized carbons (Fsp3) is 0.318. The fourth-order valence-electron chi connectivity index (χ4n) is 3.47. The number of hydrogen-bond acceptors (Lipinski definition) is 4. The molecule has 0 saturated heterocycles. The average Bonchev–Trinajstić information content (AvgIpc) is 3.53. The number of benzene rings is 1. The Kier molecular flexibility index (Phi) is 5.32. The maximum atomic E-state index is 12.6. The summed E-state index contributed by atoms with van der Waals surface area (Å²) in [4.78, 5) is 20.8. The molecule has 30 heavy (non-hydrogen) atoms. The summed E-state index contributed by atoms with van der Waals surface area (Å²) < 4.78 is 41.2. The molecule has 2 aromatic heterocycles. The Morgan fingerprint density at radius 3 is 2.80 bits per heavy atom. The van der Waals surface area contributed by atoms with Crippen LogP contribution in [0.25, 0.3) is 10.9 Å². The standard InChI is InChI=1S/C22H20F3N3O2/c1-13(16-5-7-20(27-11-16)30-12-22(23,24)25)28-21(29)18-10-17(18)14-4-6-19-15(9-14)3-2-8-26-19/h2-9,11,13,17-18H,10,12H2,1H3,(H,28,29)/t13?,17-,18+/m0/s1. The Bertz CT molecular complexity index is 1050. The molecule has 4 rings (SSSR count). The molecule has 1 saturated carbocycles. The van der Waals surface area contributed by atoms with E-state index >= 15 is 0 Å². The van der Waals surface area contributed by atoms with Crippen molar-refractivity contribution in [3.8, 4) is 5.88 Å². The third-order valence-corrected chi connectivity index (χ3v) is 5.18. The van der Waals surface area contributed by atoms with E-state index < -0.39 is 12.8 Å². The number of ether oxygens (including phenoxy) is 1. The minimum atomic E-state index is -4.41. The second kappa shape index (κ2) is 7.93. The van der Waals surface area contributed by atoms with Crippen molar-refractivity contribution in [2.24, 2.45) is 5.92 Å². The van der Waals surface area contributed by atoms with E-state index in [0.717, 1.165) is 22.9 Å². The normalized spacial score (nSPS) is 19.3. The van der Waals surface area contributed by atoms with Crippen molar-refractivity contribution >= 4 is 16.8 Å². The van der Waals surface area contributed by atoms with Gasteiger partial charge in [-0.2, -0.15) is 13.2 Å².